The van der Waals surface area contributed by atoms with Crippen molar-refractivity contribution in [1.82, 2.24) is 19.4 Å². The van der Waals surface area contributed by atoms with E-state index in [2.05, 4.69) is 0 Å². The van der Waals surface area contributed by atoms with E-state index in [0.29, 0.717) is 33.6 Å². The molecule has 11 nitrogen and oxygen atoms in total. The standard InChI is InChI=1S/C33H38N4O7/c1-3-21-22-15-20(44-32(41)36-13-10-19(14-28(36)38)35-11-6-5-7-12-35)8-9-26(22)34-29-23(21)17-37-27(29)16-25-24(30(37)39)18-43-31(40)33(25,42)4-2/h8-9,15-16,19,28,38,42H,3-7,10-14,17-18H2,1-2H3/t19?,28?,33-/m0/s1/i5D2,6D2,7D2,11D2,12D2. The fraction of sp³-hybridized carbons (Fsp3) is 0.515. The van der Waals surface area contributed by atoms with Gasteiger partial charge in [0.1, 0.15) is 18.6 Å². The Balaban J connectivity index is 1.15. The van der Waals surface area contributed by atoms with Crippen molar-refractivity contribution in [1.29, 1.82) is 0 Å². The fourth-order valence-corrected chi connectivity index (χ4v) is 6.56. The Morgan fingerprint density at radius 1 is 1.18 bits per heavy atom. The summed E-state index contributed by atoms with van der Waals surface area (Å²) in [7, 11) is 0. The van der Waals surface area contributed by atoms with Gasteiger partial charge in [0, 0.05) is 49.2 Å². The number of nitrogens with zero attached hydrogens (tertiary/aromatic N) is 4. The minimum atomic E-state index is -3.57. The van der Waals surface area contributed by atoms with E-state index in [1.165, 1.54) is 10.6 Å². The van der Waals surface area contributed by atoms with Gasteiger partial charge < -0.3 is 29.2 Å². The average Bonchev–Trinajstić information content (AvgIpc) is 3.46. The van der Waals surface area contributed by atoms with Crippen molar-refractivity contribution < 1.29 is 43.0 Å². The van der Waals surface area contributed by atoms with Crippen LogP contribution in [0.1, 0.15) is 88.2 Å². The SMILES string of the molecule is [2H]C1([2H])N(C2CCN(C(=O)Oc3ccc4nc5c(c(CC)c4c3)Cn3c-5cc4c(c3=O)COC(=O)[C@]4(O)CC)C(O)C2)C([2H])([2H])C([2H])([2H])C([2H])([2H])C1([2H])[2H]. The van der Waals surface area contributed by atoms with Crippen LogP contribution in [0, 0.1) is 0 Å². The van der Waals surface area contributed by atoms with Crippen molar-refractivity contribution in [3.63, 3.8) is 0 Å². The molecule has 2 aromatic heterocycles. The highest BCUT2D eigenvalue weighted by Crippen LogP contribution is 2.41. The number of carbonyl (C=O) groups excluding carboxylic acids is 2. The van der Waals surface area contributed by atoms with E-state index in [4.69, 9.17) is 28.2 Å². The quantitative estimate of drug-likeness (QED) is 0.333. The molecule has 2 saturated heterocycles. The predicted molar refractivity (Wildman–Crippen MR) is 161 cm³/mol. The Morgan fingerprint density at radius 2 is 1.98 bits per heavy atom. The molecule has 44 heavy (non-hydrogen) atoms. The van der Waals surface area contributed by atoms with Crippen LogP contribution in [0.2, 0.25) is 0 Å². The first-order chi connectivity index (χ1) is 25.0. The van der Waals surface area contributed by atoms with Crippen molar-refractivity contribution in [3.05, 3.63) is 56.9 Å². The number of hydrogen-bond acceptors (Lipinski definition) is 9. The zero-order chi connectivity index (χ0) is 39.7. The van der Waals surface area contributed by atoms with Gasteiger partial charge in [-0.1, -0.05) is 20.2 Å². The zero-order valence-corrected chi connectivity index (χ0v) is 24.1. The molecule has 3 aromatic rings. The van der Waals surface area contributed by atoms with Gasteiger partial charge in [0.05, 0.1) is 29.0 Å². The number of piperidine rings is 2. The maximum atomic E-state index is 13.6. The van der Waals surface area contributed by atoms with Crippen molar-refractivity contribution in [3.8, 4) is 17.1 Å². The van der Waals surface area contributed by atoms with Crippen LogP contribution in [0.3, 0.4) is 0 Å². The molecular weight excluding hydrogens is 564 g/mol. The molecule has 2 N–H and O–H groups in total. The minimum Gasteiger partial charge on any atom is -0.458 e. The number of pyridine rings is 2. The largest absolute Gasteiger partial charge is 0.458 e. The lowest BCUT2D eigenvalue weighted by Gasteiger charge is -2.42. The predicted octanol–water partition coefficient (Wildman–Crippen LogP) is 3.41. The summed E-state index contributed by atoms with van der Waals surface area (Å²) in [6, 6.07) is 4.97. The van der Waals surface area contributed by atoms with Crippen LogP contribution < -0.4 is 10.3 Å². The van der Waals surface area contributed by atoms with Crippen LogP contribution in [0.4, 0.5) is 4.79 Å². The number of fused-ring (bicyclic) bond motifs is 5. The van der Waals surface area contributed by atoms with Crippen LogP contribution >= 0.6 is 0 Å². The van der Waals surface area contributed by atoms with Gasteiger partial charge in [0.15, 0.2) is 5.60 Å². The van der Waals surface area contributed by atoms with E-state index >= 15 is 0 Å². The Hall–Kier alpha value is -3.80. The summed E-state index contributed by atoms with van der Waals surface area (Å²) in [5, 5.41) is 22.8. The summed E-state index contributed by atoms with van der Waals surface area (Å²) in [5.74, 6) is -0.746. The number of esters is 1. The zero-order valence-electron chi connectivity index (χ0n) is 34.1. The number of carbonyl (C=O) groups is 2. The molecule has 0 bridgehead atoms. The van der Waals surface area contributed by atoms with Gasteiger partial charge in [-0.25, -0.2) is 14.6 Å². The maximum absolute atomic E-state index is 13.6. The monoisotopic (exact) mass is 612 g/mol. The number of aliphatic hydroxyl groups excluding tert-OH is 1. The Kier molecular flexibility index (Phi) is 4.88. The van der Waals surface area contributed by atoms with Crippen molar-refractivity contribution >= 4 is 23.0 Å². The highest BCUT2D eigenvalue weighted by molar-refractivity contribution is 5.90. The molecule has 0 aliphatic carbocycles. The van der Waals surface area contributed by atoms with Gasteiger partial charge >= 0.3 is 12.1 Å². The number of ether oxygens (including phenoxy) is 2. The first kappa shape index (κ1) is 19.6. The molecule has 11 heteroatoms. The second kappa shape index (κ2) is 11.0. The topological polar surface area (TPSA) is 134 Å². The Morgan fingerprint density at radius 3 is 2.70 bits per heavy atom. The number of amides is 1. The molecule has 0 spiro atoms. The van der Waals surface area contributed by atoms with Gasteiger partial charge in [0.25, 0.3) is 5.56 Å². The number of cyclic esters (lactones) is 1. The minimum absolute atomic E-state index is 0.000289. The second-order valence-electron chi connectivity index (χ2n) is 11.2. The molecule has 4 aliphatic heterocycles. The molecule has 1 amide bonds. The molecule has 232 valence electrons. The van der Waals surface area contributed by atoms with Crippen LogP contribution in [-0.4, -0.2) is 73.4 Å². The molecule has 6 heterocycles. The maximum Gasteiger partial charge on any atom is 0.417 e. The van der Waals surface area contributed by atoms with E-state index in [1.54, 1.807) is 25.1 Å². The number of aliphatic hydroxyl groups is 2. The average molecular weight is 613 g/mol. The van der Waals surface area contributed by atoms with Crippen molar-refractivity contribution in [2.45, 2.75) is 89.7 Å². The molecule has 7 rings (SSSR count). The van der Waals surface area contributed by atoms with E-state index in [1.807, 2.05) is 6.92 Å². The lowest BCUT2D eigenvalue weighted by atomic mass is 9.86. The molecule has 1 aromatic carbocycles. The summed E-state index contributed by atoms with van der Waals surface area (Å²) >= 11 is 0. The summed E-state index contributed by atoms with van der Waals surface area (Å²) in [4.78, 5) is 45.7. The van der Waals surface area contributed by atoms with E-state index < -0.39 is 74.0 Å². The fourth-order valence-electron chi connectivity index (χ4n) is 6.56. The number of hydrogen-bond donors (Lipinski definition) is 2. The number of rotatable bonds is 4. The highest BCUT2D eigenvalue weighted by Gasteiger charge is 2.45. The third-order valence-electron chi connectivity index (χ3n) is 8.96. The lowest BCUT2D eigenvalue weighted by Crippen LogP contribution is -2.53. The molecule has 2 unspecified atom stereocenters. The molecule has 0 radical (unpaired) electrons. The van der Waals surface area contributed by atoms with Gasteiger partial charge in [-0.3, -0.25) is 9.69 Å². The lowest BCUT2D eigenvalue weighted by molar-refractivity contribution is -0.172. The Bertz CT molecular complexity index is 2150. The van der Waals surface area contributed by atoms with Crippen LogP contribution in [-0.2, 0) is 34.7 Å². The van der Waals surface area contributed by atoms with E-state index in [9.17, 15) is 24.6 Å². The van der Waals surface area contributed by atoms with E-state index in [0.717, 1.165) is 16.0 Å². The van der Waals surface area contributed by atoms with Gasteiger partial charge in [-0.05, 0) is 74.8 Å². The van der Waals surface area contributed by atoms with Gasteiger partial charge in [-0.2, -0.15) is 0 Å². The third-order valence-corrected chi connectivity index (χ3v) is 8.96. The highest BCUT2D eigenvalue weighted by atomic mass is 16.6. The molecular formula is C33H38N4O7. The number of aryl methyl sites for hydroxylation is 1. The summed E-state index contributed by atoms with van der Waals surface area (Å²) < 4.78 is 95.1. The van der Waals surface area contributed by atoms with Crippen molar-refractivity contribution in [2.24, 2.45) is 0 Å². The van der Waals surface area contributed by atoms with Gasteiger partial charge in [0.2, 0.25) is 0 Å². The molecule has 3 atom stereocenters. The van der Waals surface area contributed by atoms with Crippen LogP contribution in [0.15, 0.2) is 29.1 Å². The van der Waals surface area contributed by atoms with Gasteiger partial charge in [-0.15, -0.1) is 0 Å². The summed E-state index contributed by atoms with van der Waals surface area (Å²) in [6.07, 6.45) is -13.5. The Labute approximate surface area is 269 Å². The van der Waals surface area contributed by atoms with Crippen LogP contribution in [0.25, 0.3) is 22.3 Å². The molecule has 4 aliphatic rings. The third kappa shape index (κ3) is 4.52. The number of aromatic nitrogens is 2. The first-order valence-electron chi connectivity index (χ1n) is 19.6. The normalized spacial score (nSPS) is 34.0. The van der Waals surface area contributed by atoms with Crippen LogP contribution in [0.5, 0.6) is 5.75 Å². The molecule has 2 fully saturated rings. The smallest absolute Gasteiger partial charge is 0.417 e. The summed E-state index contributed by atoms with van der Waals surface area (Å²) in [6.45, 7) is -3.59. The number of benzene rings is 1. The first-order valence-corrected chi connectivity index (χ1v) is 14.6. The molecule has 0 saturated carbocycles. The van der Waals surface area contributed by atoms with Crippen molar-refractivity contribution in [2.75, 3.05) is 19.5 Å². The number of likely N-dealkylation sites (tertiary alicyclic amines) is 2. The second-order valence-corrected chi connectivity index (χ2v) is 11.2. The summed E-state index contributed by atoms with van der Waals surface area (Å²) in [5.41, 5.74) is 0.990. The van der Waals surface area contributed by atoms with E-state index in [-0.39, 0.29) is 49.4 Å².